The zero-order chi connectivity index (χ0) is 20.8. The van der Waals surface area contributed by atoms with E-state index in [2.05, 4.69) is 20.4 Å². The Bertz CT molecular complexity index is 960. The van der Waals surface area contributed by atoms with Crippen molar-refractivity contribution in [2.75, 3.05) is 0 Å². The van der Waals surface area contributed by atoms with Gasteiger partial charge in [-0.25, -0.2) is 0 Å². The summed E-state index contributed by atoms with van der Waals surface area (Å²) in [6.45, 7) is 3.99. The molecule has 1 atom stereocenters. The third-order valence-corrected chi connectivity index (χ3v) is 5.20. The molecule has 0 aliphatic rings. The molecule has 0 saturated heterocycles. The summed E-state index contributed by atoms with van der Waals surface area (Å²) < 4.78 is 5.41. The van der Waals surface area contributed by atoms with Crippen LogP contribution >= 0.6 is 23.2 Å². The van der Waals surface area contributed by atoms with Gasteiger partial charge in [-0.2, -0.15) is 4.98 Å². The monoisotopic (exact) mass is 432 g/mol. The second kappa shape index (κ2) is 9.85. The van der Waals surface area contributed by atoms with Crippen molar-refractivity contribution in [1.82, 2.24) is 20.4 Å². The highest BCUT2D eigenvalue weighted by atomic mass is 35.5. The first-order valence-corrected chi connectivity index (χ1v) is 10.2. The van der Waals surface area contributed by atoms with Crippen molar-refractivity contribution >= 4 is 29.1 Å². The fraction of sp³-hybridized carbons (Fsp3) is 0.333. The standard InChI is InChI=1S/C21H22Cl2N4O2/c1-13(2)19(21-26-20(27-29-21)15-6-4-10-24-12-15)25-18(28)7-3-5-14-8-9-16(22)17(23)11-14/h4,6,8-13,19H,3,5,7H2,1-2H3,(H,25,28). The number of hydrogen-bond donors (Lipinski definition) is 1. The molecule has 8 heteroatoms. The molecule has 0 aliphatic heterocycles. The minimum Gasteiger partial charge on any atom is -0.344 e. The predicted octanol–water partition coefficient (Wildman–Crippen LogP) is 5.27. The van der Waals surface area contributed by atoms with Gasteiger partial charge in [-0.05, 0) is 48.6 Å². The lowest BCUT2D eigenvalue weighted by atomic mass is 10.0. The van der Waals surface area contributed by atoms with E-state index in [4.69, 9.17) is 27.7 Å². The quantitative estimate of drug-likeness (QED) is 0.523. The van der Waals surface area contributed by atoms with Crippen LogP contribution in [0, 0.1) is 5.92 Å². The molecule has 1 amide bonds. The summed E-state index contributed by atoms with van der Waals surface area (Å²) in [6.07, 6.45) is 5.16. The van der Waals surface area contributed by atoms with E-state index in [0.29, 0.717) is 34.6 Å². The highest BCUT2D eigenvalue weighted by Gasteiger charge is 2.24. The lowest BCUT2D eigenvalue weighted by molar-refractivity contribution is -0.122. The molecule has 0 aliphatic carbocycles. The van der Waals surface area contributed by atoms with Crippen LogP contribution in [0.3, 0.4) is 0 Å². The number of benzene rings is 1. The first-order chi connectivity index (χ1) is 13.9. The van der Waals surface area contributed by atoms with Crippen molar-refractivity contribution in [2.24, 2.45) is 5.92 Å². The van der Waals surface area contributed by atoms with Crippen LogP contribution in [-0.2, 0) is 11.2 Å². The van der Waals surface area contributed by atoms with Crippen LogP contribution in [0.4, 0.5) is 0 Å². The van der Waals surface area contributed by atoms with Gasteiger partial charge in [0.2, 0.25) is 17.6 Å². The Hall–Kier alpha value is -2.44. The van der Waals surface area contributed by atoms with E-state index in [1.165, 1.54) is 0 Å². The maximum absolute atomic E-state index is 12.5. The fourth-order valence-corrected chi connectivity index (χ4v) is 3.20. The molecule has 0 saturated carbocycles. The van der Waals surface area contributed by atoms with Crippen LogP contribution in [0.15, 0.2) is 47.2 Å². The zero-order valence-electron chi connectivity index (χ0n) is 16.2. The highest BCUT2D eigenvalue weighted by molar-refractivity contribution is 6.42. The molecule has 1 N–H and O–H groups in total. The molecule has 2 heterocycles. The summed E-state index contributed by atoms with van der Waals surface area (Å²) in [5.41, 5.74) is 1.81. The van der Waals surface area contributed by atoms with E-state index in [1.807, 2.05) is 32.0 Å². The summed E-state index contributed by atoms with van der Waals surface area (Å²) in [4.78, 5) is 21.0. The number of carbonyl (C=O) groups excluding carboxylic acids is 1. The molecule has 0 bridgehead atoms. The van der Waals surface area contributed by atoms with Gasteiger partial charge in [0.1, 0.15) is 6.04 Å². The van der Waals surface area contributed by atoms with Crippen molar-refractivity contribution in [2.45, 2.75) is 39.2 Å². The Balaban J connectivity index is 1.58. The van der Waals surface area contributed by atoms with Gasteiger partial charge in [0.25, 0.3) is 0 Å². The van der Waals surface area contributed by atoms with Crippen LogP contribution < -0.4 is 5.32 Å². The maximum Gasteiger partial charge on any atom is 0.249 e. The third-order valence-electron chi connectivity index (χ3n) is 4.46. The number of hydrogen-bond acceptors (Lipinski definition) is 5. The van der Waals surface area contributed by atoms with Gasteiger partial charge < -0.3 is 9.84 Å². The first-order valence-electron chi connectivity index (χ1n) is 9.41. The lowest BCUT2D eigenvalue weighted by Gasteiger charge is -2.18. The number of amides is 1. The molecule has 1 aromatic carbocycles. The largest absolute Gasteiger partial charge is 0.344 e. The van der Waals surface area contributed by atoms with Crippen molar-refractivity contribution in [1.29, 1.82) is 0 Å². The summed E-state index contributed by atoms with van der Waals surface area (Å²) in [5, 5.41) is 8.07. The molecule has 0 spiro atoms. The van der Waals surface area contributed by atoms with Gasteiger partial charge in [-0.15, -0.1) is 0 Å². The van der Waals surface area contributed by atoms with Gasteiger partial charge in [0, 0.05) is 24.4 Å². The number of aryl methyl sites for hydroxylation is 1. The van der Waals surface area contributed by atoms with Crippen molar-refractivity contribution in [3.63, 3.8) is 0 Å². The van der Waals surface area contributed by atoms with Gasteiger partial charge in [-0.1, -0.05) is 48.3 Å². The molecule has 152 valence electrons. The van der Waals surface area contributed by atoms with Crippen molar-refractivity contribution < 1.29 is 9.32 Å². The first kappa shape index (κ1) is 21.3. The van der Waals surface area contributed by atoms with E-state index < -0.39 is 0 Å². The number of nitrogens with zero attached hydrogens (tertiary/aromatic N) is 3. The van der Waals surface area contributed by atoms with Crippen LogP contribution in [0.25, 0.3) is 11.4 Å². The van der Waals surface area contributed by atoms with E-state index in [-0.39, 0.29) is 17.9 Å². The van der Waals surface area contributed by atoms with Crippen LogP contribution in [0.5, 0.6) is 0 Å². The zero-order valence-corrected chi connectivity index (χ0v) is 17.7. The van der Waals surface area contributed by atoms with Crippen LogP contribution in [-0.4, -0.2) is 21.0 Å². The Morgan fingerprint density at radius 1 is 1.21 bits per heavy atom. The van der Waals surface area contributed by atoms with Crippen molar-refractivity contribution in [3.8, 4) is 11.4 Å². The minimum absolute atomic E-state index is 0.0649. The number of nitrogens with one attached hydrogen (secondary N) is 1. The van der Waals surface area contributed by atoms with Gasteiger partial charge >= 0.3 is 0 Å². The normalized spacial score (nSPS) is 12.2. The summed E-state index contributed by atoms with van der Waals surface area (Å²) >= 11 is 12.0. The smallest absolute Gasteiger partial charge is 0.249 e. The van der Waals surface area contributed by atoms with E-state index in [1.54, 1.807) is 24.5 Å². The number of rotatable bonds is 8. The second-order valence-corrected chi connectivity index (χ2v) is 7.90. The molecule has 0 radical (unpaired) electrons. The average Bonchev–Trinajstić information content (AvgIpc) is 3.19. The Kier molecular flexibility index (Phi) is 7.23. The van der Waals surface area contributed by atoms with E-state index in [9.17, 15) is 4.79 Å². The molecule has 3 rings (SSSR count). The van der Waals surface area contributed by atoms with Gasteiger partial charge in [-0.3, -0.25) is 9.78 Å². The Morgan fingerprint density at radius 3 is 2.72 bits per heavy atom. The molecule has 2 aromatic heterocycles. The van der Waals surface area contributed by atoms with Gasteiger partial charge in [0.15, 0.2) is 0 Å². The third kappa shape index (κ3) is 5.78. The topological polar surface area (TPSA) is 80.9 Å². The summed E-state index contributed by atoms with van der Waals surface area (Å²) in [6, 6.07) is 8.82. The molecule has 1 unspecified atom stereocenters. The maximum atomic E-state index is 12.5. The van der Waals surface area contributed by atoms with Crippen LogP contribution in [0.1, 0.15) is 44.2 Å². The SMILES string of the molecule is CC(C)C(NC(=O)CCCc1ccc(Cl)c(Cl)c1)c1nc(-c2cccnc2)no1. The van der Waals surface area contributed by atoms with E-state index >= 15 is 0 Å². The van der Waals surface area contributed by atoms with Gasteiger partial charge in [0.05, 0.1) is 10.0 Å². The second-order valence-electron chi connectivity index (χ2n) is 7.09. The average molecular weight is 433 g/mol. The predicted molar refractivity (Wildman–Crippen MR) is 113 cm³/mol. The summed E-state index contributed by atoms with van der Waals surface area (Å²) in [5.74, 6) is 0.866. The Labute approximate surface area is 179 Å². The summed E-state index contributed by atoms with van der Waals surface area (Å²) in [7, 11) is 0. The fourth-order valence-electron chi connectivity index (χ4n) is 2.88. The van der Waals surface area contributed by atoms with E-state index in [0.717, 1.165) is 17.5 Å². The minimum atomic E-state index is -0.356. The molecule has 29 heavy (non-hydrogen) atoms. The molecule has 6 nitrogen and oxygen atoms in total. The molecular weight excluding hydrogens is 411 g/mol. The lowest BCUT2D eigenvalue weighted by Crippen LogP contribution is -2.31. The number of pyridine rings is 1. The number of halogens is 2. The number of carbonyl (C=O) groups is 1. The molecule has 0 fully saturated rings. The van der Waals surface area contributed by atoms with Crippen LogP contribution in [0.2, 0.25) is 10.0 Å². The molecule has 3 aromatic rings. The van der Waals surface area contributed by atoms with Crippen molar-refractivity contribution in [3.05, 3.63) is 64.2 Å². The highest BCUT2D eigenvalue weighted by Crippen LogP contribution is 2.25. The number of aromatic nitrogens is 3. The Morgan fingerprint density at radius 2 is 2.03 bits per heavy atom. The molecular formula is C21H22Cl2N4O2.